The standard InChI is InChI=1S/C52H31N3O2/c1-2-13-33(14-3-1)49-53-50(55-51(54-49)40-19-12-18-39-38-17-6-10-23-45(38)57-48(39)40)34-27-25-32(26-28-34)35-29-30-47-44(31-35)52(43-22-9-11-24-46(43)56-47)41-20-7-4-15-36(41)37-16-5-8-21-42(37)52/h1-31H. The van der Waals surface area contributed by atoms with Crippen LogP contribution in [0.3, 0.4) is 0 Å². The Balaban J connectivity index is 0.994. The first-order chi connectivity index (χ1) is 28.2. The number of hydrogen-bond acceptors (Lipinski definition) is 5. The van der Waals surface area contributed by atoms with Crippen LogP contribution in [-0.4, -0.2) is 15.0 Å². The molecular weight excluding hydrogens is 699 g/mol. The van der Waals surface area contributed by atoms with Gasteiger partial charge in [0, 0.05) is 33.0 Å². The molecule has 10 aromatic rings. The Kier molecular flexibility index (Phi) is 6.78. The molecule has 12 rings (SSSR count). The van der Waals surface area contributed by atoms with E-state index in [1.807, 2.05) is 60.7 Å². The molecule has 0 unspecified atom stereocenters. The molecular formula is C52H31N3O2. The molecule has 0 fully saturated rings. The molecule has 1 aliphatic heterocycles. The molecule has 2 aromatic heterocycles. The van der Waals surface area contributed by atoms with Crippen molar-refractivity contribution < 1.29 is 9.15 Å². The van der Waals surface area contributed by atoms with E-state index in [1.54, 1.807) is 0 Å². The average molecular weight is 730 g/mol. The zero-order valence-corrected chi connectivity index (χ0v) is 30.6. The molecule has 8 aromatic carbocycles. The van der Waals surface area contributed by atoms with Gasteiger partial charge in [0.1, 0.15) is 22.7 Å². The van der Waals surface area contributed by atoms with E-state index in [0.717, 1.165) is 72.4 Å². The van der Waals surface area contributed by atoms with Gasteiger partial charge in [0.2, 0.25) is 0 Å². The summed E-state index contributed by atoms with van der Waals surface area (Å²) in [4.78, 5) is 15.1. The minimum atomic E-state index is -0.523. The average Bonchev–Trinajstić information content (AvgIpc) is 3.81. The first-order valence-electron chi connectivity index (χ1n) is 19.2. The number of benzene rings is 8. The first kappa shape index (κ1) is 31.7. The Labute approximate surface area is 328 Å². The summed E-state index contributed by atoms with van der Waals surface area (Å²) < 4.78 is 13.1. The van der Waals surface area contributed by atoms with Crippen molar-refractivity contribution in [3.8, 4) is 67.9 Å². The highest BCUT2D eigenvalue weighted by Crippen LogP contribution is 2.62. The van der Waals surface area contributed by atoms with Crippen LogP contribution in [-0.2, 0) is 5.41 Å². The van der Waals surface area contributed by atoms with Crippen LogP contribution in [0, 0.1) is 0 Å². The molecule has 0 saturated carbocycles. The number of ether oxygens (including phenoxy) is 1. The van der Waals surface area contributed by atoms with E-state index in [9.17, 15) is 0 Å². The van der Waals surface area contributed by atoms with E-state index in [4.69, 9.17) is 24.1 Å². The Morgan fingerprint density at radius 2 is 0.895 bits per heavy atom. The lowest BCUT2D eigenvalue weighted by molar-refractivity contribution is 0.436. The van der Waals surface area contributed by atoms with Crippen LogP contribution in [0.1, 0.15) is 22.3 Å². The summed E-state index contributed by atoms with van der Waals surface area (Å²) in [6.45, 7) is 0. The zero-order valence-electron chi connectivity index (χ0n) is 30.6. The first-order valence-corrected chi connectivity index (χ1v) is 19.2. The van der Waals surface area contributed by atoms with E-state index in [1.165, 1.54) is 22.3 Å². The van der Waals surface area contributed by atoms with Gasteiger partial charge < -0.3 is 9.15 Å². The molecule has 0 amide bonds. The summed E-state index contributed by atoms with van der Waals surface area (Å²) in [5, 5.41) is 2.09. The summed E-state index contributed by atoms with van der Waals surface area (Å²) in [5.41, 5.74) is 13.2. The third-order valence-corrected chi connectivity index (χ3v) is 11.6. The SMILES string of the molecule is c1ccc(-c2nc(-c3ccc(-c4ccc5c(c4)C4(c6ccccc6O5)c5ccccc5-c5ccccc54)cc3)nc(-c3cccc4c3oc3ccccc34)n2)cc1. The van der Waals surface area contributed by atoms with Gasteiger partial charge in [-0.25, -0.2) is 15.0 Å². The Hall–Kier alpha value is -7.63. The fourth-order valence-corrected chi connectivity index (χ4v) is 9.11. The largest absolute Gasteiger partial charge is 0.457 e. The lowest BCUT2D eigenvalue weighted by Crippen LogP contribution is -2.32. The van der Waals surface area contributed by atoms with Crippen molar-refractivity contribution in [1.29, 1.82) is 0 Å². The Morgan fingerprint density at radius 3 is 1.67 bits per heavy atom. The molecule has 0 radical (unpaired) electrons. The second-order valence-corrected chi connectivity index (χ2v) is 14.7. The third kappa shape index (κ3) is 4.66. The van der Waals surface area contributed by atoms with Crippen LogP contribution in [0.4, 0.5) is 0 Å². The summed E-state index contributed by atoms with van der Waals surface area (Å²) in [6, 6.07) is 65.5. The number of aromatic nitrogens is 3. The van der Waals surface area contributed by atoms with Gasteiger partial charge in [-0.3, -0.25) is 0 Å². The van der Waals surface area contributed by atoms with Crippen LogP contribution in [0.5, 0.6) is 11.5 Å². The highest BCUT2D eigenvalue weighted by molar-refractivity contribution is 6.09. The Morgan fingerprint density at radius 1 is 0.351 bits per heavy atom. The minimum Gasteiger partial charge on any atom is -0.457 e. The van der Waals surface area contributed by atoms with Crippen LogP contribution in [0.2, 0.25) is 0 Å². The van der Waals surface area contributed by atoms with Crippen LogP contribution < -0.4 is 4.74 Å². The fraction of sp³-hybridized carbons (Fsp3) is 0.0192. The number of hydrogen-bond donors (Lipinski definition) is 0. The number of furan rings is 1. The fourth-order valence-electron chi connectivity index (χ4n) is 9.11. The van der Waals surface area contributed by atoms with Gasteiger partial charge in [0.25, 0.3) is 0 Å². The summed E-state index contributed by atoms with van der Waals surface area (Å²) in [5.74, 6) is 3.50. The van der Waals surface area contributed by atoms with Gasteiger partial charge in [-0.1, -0.05) is 158 Å². The second-order valence-electron chi connectivity index (χ2n) is 14.7. The zero-order chi connectivity index (χ0) is 37.5. The van der Waals surface area contributed by atoms with Crippen molar-refractivity contribution >= 4 is 21.9 Å². The quantitative estimate of drug-likeness (QED) is 0.180. The number of fused-ring (bicyclic) bond motifs is 12. The second kappa shape index (κ2) is 12.2. The topological polar surface area (TPSA) is 61.0 Å². The van der Waals surface area contributed by atoms with E-state index < -0.39 is 5.41 Å². The molecule has 0 bridgehead atoms. The normalized spacial score (nSPS) is 13.2. The summed E-state index contributed by atoms with van der Waals surface area (Å²) >= 11 is 0. The minimum absolute atomic E-state index is 0.523. The molecule has 1 aliphatic carbocycles. The maximum Gasteiger partial charge on any atom is 0.167 e. The molecule has 2 aliphatic rings. The maximum atomic E-state index is 6.67. The van der Waals surface area contributed by atoms with Gasteiger partial charge in [0.15, 0.2) is 17.5 Å². The molecule has 57 heavy (non-hydrogen) atoms. The highest BCUT2D eigenvalue weighted by atomic mass is 16.5. The van der Waals surface area contributed by atoms with Gasteiger partial charge in [-0.2, -0.15) is 0 Å². The molecule has 0 saturated heterocycles. The molecule has 5 nitrogen and oxygen atoms in total. The Bertz CT molecular complexity index is 3180. The summed E-state index contributed by atoms with van der Waals surface area (Å²) in [7, 11) is 0. The number of para-hydroxylation sites is 3. The predicted octanol–water partition coefficient (Wildman–Crippen LogP) is 12.9. The lowest BCUT2D eigenvalue weighted by atomic mass is 9.66. The van der Waals surface area contributed by atoms with Crippen molar-refractivity contribution in [2.75, 3.05) is 0 Å². The van der Waals surface area contributed by atoms with Crippen molar-refractivity contribution in [2.45, 2.75) is 5.41 Å². The van der Waals surface area contributed by atoms with Crippen molar-refractivity contribution in [1.82, 2.24) is 15.0 Å². The van der Waals surface area contributed by atoms with Crippen LogP contribution >= 0.6 is 0 Å². The van der Waals surface area contributed by atoms with Crippen LogP contribution in [0.15, 0.2) is 192 Å². The molecule has 1 spiro atoms. The number of nitrogens with zero attached hydrogens (tertiary/aromatic N) is 3. The molecule has 3 heterocycles. The van der Waals surface area contributed by atoms with E-state index in [-0.39, 0.29) is 0 Å². The monoisotopic (exact) mass is 729 g/mol. The smallest absolute Gasteiger partial charge is 0.167 e. The van der Waals surface area contributed by atoms with Gasteiger partial charge >= 0.3 is 0 Å². The van der Waals surface area contributed by atoms with Crippen molar-refractivity contribution in [3.63, 3.8) is 0 Å². The maximum absolute atomic E-state index is 6.67. The molecule has 266 valence electrons. The van der Waals surface area contributed by atoms with E-state index in [2.05, 4.69) is 127 Å². The van der Waals surface area contributed by atoms with Gasteiger partial charge in [-0.15, -0.1) is 0 Å². The third-order valence-electron chi connectivity index (χ3n) is 11.6. The summed E-state index contributed by atoms with van der Waals surface area (Å²) in [6.07, 6.45) is 0. The predicted molar refractivity (Wildman–Crippen MR) is 226 cm³/mol. The van der Waals surface area contributed by atoms with Gasteiger partial charge in [-0.05, 0) is 63.7 Å². The number of rotatable bonds is 4. The van der Waals surface area contributed by atoms with E-state index >= 15 is 0 Å². The highest BCUT2D eigenvalue weighted by Gasteiger charge is 2.51. The lowest BCUT2D eigenvalue weighted by Gasteiger charge is -2.39. The van der Waals surface area contributed by atoms with Crippen molar-refractivity contribution in [2.24, 2.45) is 0 Å². The molecule has 0 atom stereocenters. The van der Waals surface area contributed by atoms with Crippen LogP contribution in [0.25, 0.3) is 78.4 Å². The molecule has 0 N–H and O–H groups in total. The van der Waals surface area contributed by atoms with E-state index in [0.29, 0.717) is 17.5 Å². The van der Waals surface area contributed by atoms with Crippen molar-refractivity contribution in [3.05, 3.63) is 210 Å². The molecule has 5 heteroatoms. The van der Waals surface area contributed by atoms with Gasteiger partial charge in [0.05, 0.1) is 11.0 Å².